The minimum atomic E-state index is -5.25. The molecule has 53 heavy (non-hydrogen) atoms. The van der Waals surface area contributed by atoms with Crippen LogP contribution in [0.3, 0.4) is 0 Å². The zero-order chi connectivity index (χ0) is 39.3. The van der Waals surface area contributed by atoms with Gasteiger partial charge in [-0.2, -0.15) is 18.4 Å². The fraction of sp³-hybridized carbons (Fsp3) is 0.306. The van der Waals surface area contributed by atoms with Gasteiger partial charge in [0.1, 0.15) is 30.1 Å². The van der Waals surface area contributed by atoms with Gasteiger partial charge in [-0.05, 0) is 65.6 Å². The van der Waals surface area contributed by atoms with E-state index in [9.17, 15) is 47.2 Å². The molecule has 0 saturated heterocycles. The molecule has 14 nitrogen and oxygen atoms in total. The molecule has 4 amide bonds. The number of hydrogen-bond acceptors (Lipinski definition) is 9. The smallest absolute Gasteiger partial charge is 0.452 e. The van der Waals surface area contributed by atoms with E-state index in [-0.39, 0.29) is 28.9 Å². The van der Waals surface area contributed by atoms with E-state index in [1.54, 1.807) is 12.1 Å². The third-order valence-electron chi connectivity index (χ3n) is 7.57. The molecular weight excluding hydrogens is 703 g/mol. The van der Waals surface area contributed by atoms with E-state index in [4.69, 9.17) is 14.6 Å². The zero-order valence-electron chi connectivity index (χ0n) is 28.7. The number of halogens is 3. The van der Waals surface area contributed by atoms with Gasteiger partial charge in [0.2, 0.25) is 11.8 Å². The molecule has 2 unspecified atom stereocenters. The monoisotopic (exact) mass is 739 g/mol. The lowest BCUT2D eigenvalue weighted by atomic mass is 9.97. The molecule has 0 fully saturated rings. The van der Waals surface area contributed by atoms with Gasteiger partial charge in [0, 0.05) is 12.0 Å². The molecule has 3 rings (SSSR count). The molecule has 3 aromatic carbocycles. The lowest BCUT2D eigenvalue weighted by Crippen LogP contribution is -2.55. The quantitative estimate of drug-likeness (QED) is 0.137. The lowest BCUT2D eigenvalue weighted by molar-refractivity contribution is -0.175. The van der Waals surface area contributed by atoms with Crippen molar-refractivity contribution in [2.75, 3.05) is 20.3 Å². The summed E-state index contributed by atoms with van der Waals surface area (Å²) in [5.41, 5.74) is 0.841. The molecule has 0 aliphatic carbocycles. The number of nitrogens with one attached hydrogen (secondary N) is 4. The van der Waals surface area contributed by atoms with E-state index in [2.05, 4.69) is 21.3 Å². The van der Waals surface area contributed by atoms with Gasteiger partial charge in [-0.25, -0.2) is 0 Å². The number of Topliss-reactive ketones (excluding diaryl/α,β-unsaturated/α-hetero) is 1. The molecule has 0 aliphatic rings. The normalized spacial score (nSPS) is 12.6. The van der Waals surface area contributed by atoms with Gasteiger partial charge in [-0.1, -0.05) is 38.1 Å². The Morgan fingerprint density at radius 1 is 0.868 bits per heavy atom. The van der Waals surface area contributed by atoms with E-state index >= 15 is 0 Å². The number of methoxy groups -OCH3 is 1. The van der Waals surface area contributed by atoms with Crippen molar-refractivity contribution in [1.29, 1.82) is 5.26 Å². The Kier molecular flexibility index (Phi) is 14.5. The van der Waals surface area contributed by atoms with Crippen molar-refractivity contribution in [3.63, 3.8) is 0 Å². The van der Waals surface area contributed by atoms with Gasteiger partial charge in [-0.15, -0.1) is 0 Å². The van der Waals surface area contributed by atoms with Gasteiger partial charge >= 0.3 is 12.1 Å². The number of nitrogens with zero attached hydrogens (tertiary/aromatic N) is 1. The second-order valence-corrected chi connectivity index (χ2v) is 11.8. The maximum absolute atomic E-state index is 14.0. The molecule has 0 heterocycles. The third kappa shape index (κ3) is 12.4. The number of nitriles is 1. The number of carboxylic acids is 1. The van der Waals surface area contributed by atoms with Gasteiger partial charge in [-0.3, -0.25) is 28.8 Å². The van der Waals surface area contributed by atoms with E-state index in [1.807, 2.05) is 6.07 Å². The number of carbonyl (C=O) groups excluding carboxylic acids is 5. The summed E-state index contributed by atoms with van der Waals surface area (Å²) in [5.74, 6) is -7.42. The number of ketones is 1. The van der Waals surface area contributed by atoms with Crippen LogP contribution in [0.1, 0.15) is 46.9 Å². The van der Waals surface area contributed by atoms with E-state index in [1.165, 1.54) is 81.6 Å². The van der Waals surface area contributed by atoms with Gasteiger partial charge in [0.25, 0.3) is 17.6 Å². The first-order chi connectivity index (χ1) is 25.0. The topological polar surface area (TPSA) is 213 Å². The van der Waals surface area contributed by atoms with Crippen molar-refractivity contribution >= 4 is 35.4 Å². The number of aliphatic carboxylic acids is 1. The highest BCUT2D eigenvalue weighted by Crippen LogP contribution is 2.24. The van der Waals surface area contributed by atoms with Crippen molar-refractivity contribution in [3.8, 4) is 17.6 Å². The minimum Gasteiger partial charge on any atom is -0.497 e. The molecule has 0 aliphatic heterocycles. The predicted octanol–water partition coefficient (Wildman–Crippen LogP) is 2.62. The standard InChI is InChI=1S/C36H36F3N5O9/c1-20(2)30(32(48)36(37,38)39)43-35(51)31(23-7-11-25(52-3)12-8-23)44-34(50)27(16-21-5-4-6-22(15-21)17-40)42-33(49)24-9-13-26(14-10-24)53-19-28(45)41-18-29(46)47/h4-15,20,27,30-31H,16,18-19H2,1-3H3,(H,41,45)(H,42,49)(H,43,51)(H,44,50)(H,46,47)/t27?,30-,31?/m0/s1. The number of carbonyl (C=O) groups is 6. The average molecular weight is 740 g/mol. The summed E-state index contributed by atoms with van der Waals surface area (Å²) < 4.78 is 50.7. The van der Waals surface area contributed by atoms with Crippen LogP contribution < -0.4 is 30.7 Å². The fourth-order valence-corrected chi connectivity index (χ4v) is 4.82. The highest BCUT2D eigenvalue weighted by Gasteiger charge is 2.45. The molecule has 0 radical (unpaired) electrons. The molecule has 17 heteroatoms. The number of alkyl halides is 3. The summed E-state index contributed by atoms with van der Waals surface area (Å²) in [4.78, 5) is 75.5. The Morgan fingerprint density at radius 3 is 2.08 bits per heavy atom. The third-order valence-corrected chi connectivity index (χ3v) is 7.57. The van der Waals surface area contributed by atoms with Crippen molar-refractivity contribution < 1.29 is 56.5 Å². The highest BCUT2D eigenvalue weighted by molar-refractivity contribution is 5.99. The first kappa shape index (κ1) is 41.0. The van der Waals surface area contributed by atoms with E-state index in [0.29, 0.717) is 11.3 Å². The summed E-state index contributed by atoms with van der Waals surface area (Å²) in [6.45, 7) is 1.52. The summed E-state index contributed by atoms with van der Waals surface area (Å²) in [6.07, 6.45) is -5.45. The number of rotatable bonds is 17. The lowest BCUT2D eigenvalue weighted by Gasteiger charge is -2.27. The summed E-state index contributed by atoms with van der Waals surface area (Å²) in [7, 11) is 1.38. The number of ether oxygens (including phenoxy) is 2. The number of hydrogen-bond donors (Lipinski definition) is 5. The average Bonchev–Trinajstić information content (AvgIpc) is 3.13. The Balaban J connectivity index is 1.91. The van der Waals surface area contributed by atoms with Gasteiger partial charge in [0.15, 0.2) is 6.61 Å². The predicted molar refractivity (Wildman–Crippen MR) is 180 cm³/mol. The van der Waals surface area contributed by atoms with Crippen molar-refractivity contribution in [1.82, 2.24) is 21.3 Å². The van der Waals surface area contributed by atoms with Crippen LogP contribution in [0.15, 0.2) is 72.8 Å². The number of amides is 4. The minimum absolute atomic E-state index is 0.0335. The molecular formula is C36H36F3N5O9. The van der Waals surface area contributed by atoms with Crippen LogP contribution in [0.4, 0.5) is 13.2 Å². The van der Waals surface area contributed by atoms with Crippen LogP contribution in [-0.4, -0.2) is 79.0 Å². The molecule has 5 N–H and O–H groups in total. The molecule has 280 valence electrons. The first-order valence-corrected chi connectivity index (χ1v) is 15.9. The molecule has 0 saturated carbocycles. The Labute approximate surface area is 301 Å². The molecule has 3 aromatic rings. The summed E-state index contributed by atoms with van der Waals surface area (Å²) in [5, 5.41) is 27.4. The van der Waals surface area contributed by atoms with Crippen LogP contribution in [0.5, 0.6) is 11.5 Å². The second-order valence-electron chi connectivity index (χ2n) is 11.8. The van der Waals surface area contributed by atoms with Crippen LogP contribution in [0.25, 0.3) is 0 Å². The van der Waals surface area contributed by atoms with E-state index in [0.717, 1.165) is 0 Å². The van der Waals surface area contributed by atoms with Crippen LogP contribution in [0.2, 0.25) is 0 Å². The zero-order valence-corrected chi connectivity index (χ0v) is 28.7. The SMILES string of the molecule is COc1ccc(C(NC(=O)C(Cc2cccc(C#N)c2)NC(=O)c2ccc(OCC(=O)NCC(=O)O)cc2)C(=O)N[C@H](C(=O)C(F)(F)F)C(C)C)cc1. The Morgan fingerprint density at radius 2 is 1.51 bits per heavy atom. The van der Waals surface area contributed by atoms with Crippen molar-refractivity contribution in [2.45, 2.75) is 44.6 Å². The van der Waals surface area contributed by atoms with Crippen molar-refractivity contribution in [2.24, 2.45) is 5.92 Å². The van der Waals surface area contributed by atoms with Crippen LogP contribution in [0, 0.1) is 17.2 Å². The molecule has 0 bridgehead atoms. The van der Waals surface area contributed by atoms with Crippen molar-refractivity contribution in [3.05, 3.63) is 95.1 Å². The first-order valence-electron chi connectivity index (χ1n) is 15.9. The maximum Gasteiger partial charge on any atom is 0.452 e. The Bertz CT molecular complexity index is 1840. The maximum atomic E-state index is 14.0. The second kappa shape index (κ2) is 18.7. The largest absolute Gasteiger partial charge is 0.497 e. The van der Waals surface area contributed by atoms with Gasteiger partial charge in [0.05, 0.1) is 24.8 Å². The molecule has 0 spiro atoms. The van der Waals surface area contributed by atoms with E-state index < -0.39 is 78.8 Å². The van der Waals surface area contributed by atoms with Gasteiger partial charge < -0.3 is 35.8 Å². The number of carboxylic acid groups (broad SMARTS) is 1. The number of benzene rings is 3. The van der Waals surface area contributed by atoms with Crippen LogP contribution >= 0.6 is 0 Å². The molecule has 0 aromatic heterocycles. The summed E-state index contributed by atoms with van der Waals surface area (Å²) in [6, 6.07) is 14.1. The molecule has 3 atom stereocenters. The van der Waals surface area contributed by atoms with Crippen LogP contribution in [-0.2, 0) is 30.4 Å². The fourth-order valence-electron chi connectivity index (χ4n) is 4.82. The Hall–Kier alpha value is -6.44. The summed E-state index contributed by atoms with van der Waals surface area (Å²) >= 11 is 0. The highest BCUT2D eigenvalue weighted by atomic mass is 19.4.